The molecule has 0 bridgehead atoms. The maximum absolute atomic E-state index is 12.7. The number of hydrogen-bond acceptors (Lipinski definition) is 6. The molecular formula is C23H23F3N4O2S2. The third-order valence-electron chi connectivity index (χ3n) is 4.46. The van der Waals surface area contributed by atoms with E-state index in [1.165, 1.54) is 11.8 Å². The average molecular weight is 509 g/mol. The van der Waals surface area contributed by atoms with Gasteiger partial charge >= 0.3 is 6.18 Å². The van der Waals surface area contributed by atoms with E-state index in [0.717, 1.165) is 4.91 Å². The summed E-state index contributed by atoms with van der Waals surface area (Å²) >= 11 is 1.37. The summed E-state index contributed by atoms with van der Waals surface area (Å²) in [5, 5.41) is 1.22. The maximum Gasteiger partial charge on any atom is 0.402 e. The van der Waals surface area contributed by atoms with Crippen LogP contribution in [0.2, 0.25) is 0 Å². The van der Waals surface area contributed by atoms with Crippen molar-refractivity contribution < 1.29 is 22.1 Å². The van der Waals surface area contributed by atoms with Crippen molar-refractivity contribution in [1.29, 1.82) is 0 Å². The molecule has 0 aliphatic carbocycles. The second kappa shape index (κ2) is 10.5. The van der Waals surface area contributed by atoms with Crippen LogP contribution in [0.5, 0.6) is 5.75 Å². The van der Waals surface area contributed by atoms with Crippen molar-refractivity contribution >= 4 is 50.1 Å². The zero-order valence-electron chi connectivity index (χ0n) is 18.7. The van der Waals surface area contributed by atoms with Crippen LogP contribution in [0.25, 0.3) is 15.7 Å². The Morgan fingerprint density at radius 3 is 2.53 bits per heavy atom. The number of allylic oxidation sites excluding steroid dienone is 2. The molecule has 3 aromatic rings. The number of nitrogens with zero attached hydrogens (tertiary/aromatic N) is 2. The molecule has 0 saturated heterocycles. The van der Waals surface area contributed by atoms with Gasteiger partial charge in [0.25, 0.3) is 0 Å². The van der Waals surface area contributed by atoms with E-state index < -0.39 is 22.9 Å². The van der Waals surface area contributed by atoms with Crippen LogP contribution in [0.4, 0.5) is 24.8 Å². The van der Waals surface area contributed by atoms with Gasteiger partial charge in [-0.25, -0.2) is 14.2 Å². The zero-order valence-corrected chi connectivity index (χ0v) is 20.3. The SMILES string of the molecule is C=C(C)S/C(=C(\C)Oc1c(C)cc(NS(=O)CC(F)(F)F)c2ccccc12)c1ccnc(N)n1. The van der Waals surface area contributed by atoms with Gasteiger partial charge in [-0.2, -0.15) is 13.2 Å². The summed E-state index contributed by atoms with van der Waals surface area (Å²) in [5.41, 5.74) is 7.29. The van der Waals surface area contributed by atoms with E-state index in [1.54, 1.807) is 56.4 Å². The number of rotatable bonds is 8. The van der Waals surface area contributed by atoms with Gasteiger partial charge in [0.15, 0.2) is 0 Å². The number of halogens is 3. The number of thioether (sulfide) groups is 1. The van der Waals surface area contributed by atoms with Crippen molar-refractivity contribution in [2.75, 3.05) is 16.2 Å². The van der Waals surface area contributed by atoms with Crippen molar-refractivity contribution in [2.45, 2.75) is 26.9 Å². The third-order valence-corrected chi connectivity index (χ3v) is 6.54. The molecule has 3 N–H and O–H groups in total. The number of fused-ring (bicyclic) bond motifs is 1. The predicted octanol–water partition coefficient (Wildman–Crippen LogP) is 6.19. The van der Waals surface area contributed by atoms with Crippen LogP contribution in [-0.2, 0) is 11.0 Å². The zero-order chi connectivity index (χ0) is 25.0. The summed E-state index contributed by atoms with van der Waals surface area (Å²) in [7, 11) is -2.33. The first-order chi connectivity index (χ1) is 15.9. The van der Waals surface area contributed by atoms with Gasteiger partial charge in [-0.3, -0.25) is 0 Å². The quantitative estimate of drug-likeness (QED) is 0.353. The Morgan fingerprint density at radius 2 is 1.91 bits per heavy atom. The first-order valence-corrected chi connectivity index (χ1v) is 12.1. The summed E-state index contributed by atoms with van der Waals surface area (Å²) < 4.78 is 58.8. The summed E-state index contributed by atoms with van der Waals surface area (Å²) in [5.74, 6) is -0.291. The Hall–Kier alpha value is -3.05. The van der Waals surface area contributed by atoms with Gasteiger partial charge < -0.3 is 15.2 Å². The van der Waals surface area contributed by atoms with Crippen LogP contribution >= 0.6 is 11.8 Å². The highest BCUT2D eigenvalue weighted by Crippen LogP contribution is 2.40. The molecule has 0 spiro atoms. The van der Waals surface area contributed by atoms with E-state index in [9.17, 15) is 17.4 Å². The fourth-order valence-corrected chi connectivity index (χ4v) is 4.73. The minimum atomic E-state index is -4.55. The summed E-state index contributed by atoms with van der Waals surface area (Å²) in [6.45, 7) is 9.34. The molecule has 0 aliphatic heterocycles. The molecule has 1 heterocycles. The minimum absolute atomic E-state index is 0.119. The van der Waals surface area contributed by atoms with Crippen LogP contribution in [0.15, 0.2) is 59.8 Å². The molecule has 6 nitrogen and oxygen atoms in total. The normalized spacial score (nSPS) is 13.4. The van der Waals surface area contributed by atoms with Gasteiger partial charge in [0, 0.05) is 17.0 Å². The Kier molecular flexibility index (Phi) is 7.88. The second-order valence-corrected chi connectivity index (χ2v) is 9.91. The number of nitrogens with two attached hydrogens (primary N) is 1. The lowest BCUT2D eigenvalue weighted by Gasteiger charge is -2.18. The van der Waals surface area contributed by atoms with E-state index in [1.807, 2.05) is 6.92 Å². The lowest BCUT2D eigenvalue weighted by atomic mass is 10.0. The number of ether oxygens (including phenoxy) is 1. The van der Waals surface area contributed by atoms with Crippen LogP contribution < -0.4 is 15.2 Å². The van der Waals surface area contributed by atoms with E-state index in [-0.39, 0.29) is 5.95 Å². The van der Waals surface area contributed by atoms with E-state index >= 15 is 0 Å². The molecule has 11 heteroatoms. The van der Waals surface area contributed by atoms with Gasteiger partial charge in [0.2, 0.25) is 5.95 Å². The van der Waals surface area contributed by atoms with Crippen LogP contribution in [0.3, 0.4) is 0 Å². The van der Waals surface area contributed by atoms with Crippen molar-refractivity contribution in [1.82, 2.24) is 9.97 Å². The number of aryl methyl sites for hydroxylation is 1. The fourth-order valence-electron chi connectivity index (χ4n) is 3.19. The number of nitrogens with one attached hydrogen (secondary N) is 1. The molecule has 0 saturated carbocycles. The topological polar surface area (TPSA) is 90.1 Å². The third kappa shape index (κ3) is 6.51. The van der Waals surface area contributed by atoms with Crippen molar-refractivity contribution in [3.63, 3.8) is 0 Å². The molecule has 0 fully saturated rings. The Balaban J connectivity index is 2.06. The lowest BCUT2D eigenvalue weighted by Crippen LogP contribution is -2.22. The Labute approximate surface area is 202 Å². The fraction of sp³-hybridized carbons (Fsp3) is 0.217. The van der Waals surface area contributed by atoms with E-state index in [4.69, 9.17) is 10.5 Å². The van der Waals surface area contributed by atoms with Crippen molar-refractivity contribution in [3.05, 3.63) is 71.1 Å². The lowest BCUT2D eigenvalue weighted by molar-refractivity contribution is -0.105. The first kappa shape index (κ1) is 25.6. The van der Waals surface area contributed by atoms with Gasteiger partial charge in [0.1, 0.15) is 28.2 Å². The largest absolute Gasteiger partial charge is 0.460 e. The highest BCUT2D eigenvalue weighted by Gasteiger charge is 2.31. The number of anilines is 2. The van der Waals surface area contributed by atoms with Gasteiger partial charge in [-0.1, -0.05) is 42.6 Å². The Morgan fingerprint density at radius 1 is 1.24 bits per heavy atom. The van der Waals surface area contributed by atoms with Gasteiger partial charge in [0.05, 0.1) is 16.3 Å². The average Bonchev–Trinajstić information content (AvgIpc) is 2.73. The molecular weight excluding hydrogens is 485 g/mol. The monoisotopic (exact) mass is 508 g/mol. The number of nitrogen functional groups attached to an aromatic ring is 1. The molecule has 1 unspecified atom stereocenters. The Bertz CT molecular complexity index is 1290. The standard InChI is InChI=1S/C23H23F3N4O2S2/c1-13(2)33-21(18-9-10-28-22(27)29-18)15(4)32-20-14(3)11-19(16-7-5-6-8-17(16)20)30-34(31)12-23(24,25)26/h5-11,30H,1,12H2,2-4H3,(H2,27,28,29)/b21-15+. The van der Waals surface area contributed by atoms with Crippen molar-refractivity contribution in [3.8, 4) is 5.75 Å². The molecule has 0 radical (unpaired) electrons. The summed E-state index contributed by atoms with van der Waals surface area (Å²) in [6.07, 6.45) is -3.00. The molecule has 1 aromatic heterocycles. The van der Waals surface area contributed by atoms with Crippen LogP contribution in [0.1, 0.15) is 25.1 Å². The molecule has 1 atom stereocenters. The van der Waals surface area contributed by atoms with Crippen molar-refractivity contribution in [2.24, 2.45) is 0 Å². The number of alkyl halides is 3. The van der Waals surface area contributed by atoms with Crippen LogP contribution in [0, 0.1) is 6.92 Å². The number of benzene rings is 2. The maximum atomic E-state index is 12.7. The number of aromatic nitrogens is 2. The van der Waals surface area contributed by atoms with E-state index in [2.05, 4.69) is 21.3 Å². The predicted molar refractivity (Wildman–Crippen MR) is 133 cm³/mol. The second-order valence-electron chi connectivity index (χ2n) is 7.41. The smallest absolute Gasteiger partial charge is 0.402 e. The van der Waals surface area contributed by atoms with E-state index in [0.29, 0.717) is 44.1 Å². The molecule has 3 rings (SSSR count). The van der Waals surface area contributed by atoms with Gasteiger partial charge in [-0.15, -0.1) is 0 Å². The minimum Gasteiger partial charge on any atom is -0.460 e. The summed E-state index contributed by atoms with van der Waals surface area (Å²) in [6, 6.07) is 10.4. The first-order valence-electron chi connectivity index (χ1n) is 9.99. The van der Waals surface area contributed by atoms with Gasteiger partial charge in [-0.05, 0) is 43.4 Å². The highest BCUT2D eigenvalue weighted by atomic mass is 32.2. The molecule has 0 aliphatic rings. The highest BCUT2D eigenvalue weighted by molar-refractivity contribution is 8.11. The molecule has 2 aromatic carbocycles. The van der Waals surface area contributed by atoms with Crippen LogP contribution in [-0.4, -0.2) is 26.1 Å². The number of hydrogen-bond donors (Lipinski definition) is 2. The molecule has 0 amide bonds. The summed E-state index contributed by atoms with van der Waals surface area (Å²) in [4.78, 5) is 9.71. The molecule has 180 valence electrons. The molecule has 34 heavy (non-hydrogen) atoms.